The van der Waals surface area contributed by atoms with Crippen molar-refractivity contribution >= 4 is 40.3 Å². The summed E-state index contributed by atoms with van der Waals surface area (Å²) in [6, 6.07) is 6.40. The van der Waals surface area contributed by atoms with E-state index in [0.717, 1.165) is 10.9 Å². The number of hydrogen-bond acceptors (Lipinski definition) is 4. The van der Waals surface area contributed by atoms with Crippen LogP contribution < -0.4 is 10.6 Å². The van der Waals surface area contributed by atoms with E-state index in [1.54, 1.807) is 45.9 Å². The Labute approximate surface area is 180 Å². The predicted molar refractivity (Wildman–Crippen MR) is 116 cm³/mol. The number of alkyl carbamates (subject to hydrolysis) is 1. The number of aromatic nitrogens is 1. The second kappa shape index (κ2) is 8.68. The quantitative estimate of drug-likeness (QED) is 0.672. The highest BCUT2D eigenvalue weighted by Gasteiger charge is 2.35. The first-order valence-corrected chi connectivity index (χ1v) is 10.5. The molecule has 1 heterocycles. The van der Waals surface area contributed by atoms with Gasteiger partial charge in [0.15, 0.2) is 0 Å². The predicted octanol–water partition coefficient (Wildman–Crippen LogP) is 4.20. The molecular weight excluding hydrogens is 406 g/mol. The Kier molecular flexibility index (Phi) is 6.41. The largest absolute Gasteiger partial charge is 0.444 e. The van der Waals surface area contributed by atoms with Gasteiger partial charge in [-0.05, 0) is 71.2 Å². The van der Waals surface area contributed by atoms with Gasteiger partial charge in [0.1, 0.15) is 17.1 Å². The minimum absolute atomic E-state index is 0.0864. The number of carbonyl (C=O) groups is 3. The number of hydrogen-bond donors (Lipinski definition) is 3. The van der Waals surface area contributed by atoms with E-state index < -0.39 is 17.7 Å². The van der Waals surface area contributed by atoms with E-state index in [4.69, 9.17) is 16.3 Å². The number of benzene rings is 1. The maximum Gasteiger partial charge on any atom is 0.407 e. The van der Waals surface area contributed by atoms with Gasteiger partial charge in [0, 0.05) is 27.9 Å². The number of rotatable bonds is 4. The van der Waals surface area contributed by atoms with E-state index >= 15 is 0 Å². The van der Waals surface area contributed by atoms with Crippen molar-refractivity contribution in [2.75, 3.05) is 0 Å². The number of halogens is 1. The van der Waals surface area contributed by atoms with Gasteiger partial charge >= 0.3 is 6.09 Å². The number of ether oxygens (including phenoxy) is 1. The van der Waals surface area contributed by atoms with E-state index in [2.05, 4.69) is 15.6 Å². The van der Waals surface area contributed by atoms with Gasteiger partial charge in [-0.2, -0.15) is 0 Å². The molecule has 0 bridgehead atoms. The zero-order chi connectivity index (χ0) is 22.1. The molecule has 0 radical (unpaired) electrons. The Hall–Kier alpha value is -2.54. The molecule has 3 N–H and O–H groups in total. The summed E-state index contributed by atoms with van der Waals surface area (Å²) in [4.78, 5) is 40.1. The number of fused-ring (bicyclic) bond motifs is 1. The van der Waals surface area contributed by atoms with Crippen molar-refractivity contribution in [3.05, 3.63) is 35.0 Å². The molecular formula is C22H28ClN3O4. The molecule has 7 nitrogen and oxygen atoms in total. The van der Waals surface area contributed by atoms with Gasteiger partial charge in [-0.25, -0.2) is 4.79 Å². The normalized spacial score (nSPS) is 21.8. The summed E-state index contributed by atoms with van der Waals surface area (Å²) in [7, 11) is 0. The van der Waals surface area contributed by atoms with Crippen LogP contribution in [0, 0.1) is 5.92 Å². The standard InChI is InChI=1S/C22H28ClN3O4/c1-12(27)13-5-7-17(18(10-13)26-21(29)30-22(2,3)4)25-20(28)19-11-14-9-15(23)6-8-16(14)24-19/h6,8-9,11,13,17-18,24H,5,7,10H2,1-4H3,(H,25,28)(H,26,29)/t13?,17-,18-/m1/s1. The third-order valence-electron chi connectivity index (χ3n) is 5.27. The van der Waals surface area contributed by atoms with E-state index in [9.17, 15) is 14.4 Å². The van der Waals surface area contributed by atoms with E-state index in [1.807, 2.05) is 6.07 Å². The number of Topliss-reactive ketones (excluding diaryl/α,β-unsaturated/α-hetero) is 1. The van der Waals surface area contributed by atoms with E-state index in [0.29, 0.717) is 30.0 Å². The minimum Gasteiger partial charge on any atom is -0.444 e. The second-order valence-corrected chi connectivity index (χ2v) is 9.30. The summed E-state index contributed by atoms with van der Waals surface area (Å²) < 4.78 is 5.36. The molecule has 8 heteroatoms. The van der Waals surface area contributed by atoms with Crippen LogP contribution in [0.1, 0.15) is 57.4 Å². The molecule has 30 heavy (non-hydrogen) atoms. The van der Waals surface area contributed by atoms with Crippen molar-refractivity contribution in [3.63, 3.8) is 0 Å². The lowest BCUT2D eigenvalue weighted by atomic mass is 9.80. The lowest BCUT2D eigenvalue weighted by molar-refractivity contribution is -0.122. The van der Waals surface area contributed by atoms with Gasteiger partial charge in [0.05, 0.1) is 6.04 Å². The molecule has 2 aromatic rings. The molecule has 0 saturated heterocycles. The van der Waals surface area contributed by atoms with Crippen LogP contribution in [0.25, 0.3) is 10.9 Å². The lowest BCUT2D eigenvalue weighted by Crippen LogP contribution is -2.55. The summed E-state index contributed by atoms with van der Waals surface area (Å²) in [5.74, 6) is -0.332. The fourth-order valence-electron chi connectivity index (χ4n) is 3.80. The molecule has 1 aromatic heterocycles. The Balaban J connectivity index is 1.73. The highest BCUT2D eigenvalue weighted by Crippen LogP contribution is 2.27. The minimum atomic E-state index is -0.636. The van der Waals surface area contributed by atoms with Crippen molar-refractivity contribution in [2.45, 2.75) is 64.6 Å². The number of H-pyrrole nitrogens is 1. The highest BCUT2D eigenvalue weighted by atomic mass is 35.5. The molecule has 1 fully saturated rings. The number of amides is 2. The van der Waals surface area contributed by atoms with Gasteiger partial charge in [-0.15, -0.1) is 0 Å². The van der Waals surface area contributed by atoms with E-state index in [1.165, 1.54) is 0 Å². The van der Waals surface area contributed by atoms with Crippen molar-refractivity contribution < 1.29 is 19.1 Å². The van der Waals surface area contributed by atoms with Crippen LogP contribution in [0.4, 0.5) is 4.79 Å². The molecule has 0 aliphatic heterocycles. The average Bonchev–Trinajstić information content (AvgIpc) is 3.04. The summed E-state index contributed by atoms with van der Waals surface area (Å²) >= 11 is 6.02. The van der Waals surface area contributed by atoms with Crippen molar-refractivity contribution in [3.8, 4) is 0 Å². The van der Waals surface area contributed by atoms with Crippen LogP contribution in [0.15, 0.2) is 24.3 Å². The molecule has 2 amide bonds. The van der Waals surface area contributed by atoms with Crippen LogP contribution in [0.3, 0.4) is 0 Å². The first-order chi connectivity index (χ1) is 14.0. The summed E-state index contributed by atoms with van der Waals surface area (Å²) in [5, 5.41) is 7.29. The zero-order valence-corrected chi connectivity index (χ0v) is 18.4. The molecule has 1 aliphatic rings. The molecule has 1 aliphatic carbocycles. The van der Waals surface area contributed by atoms with Crippen molar-refractivity contribution in [2.24, 2.45) is 5.92 Å². The Bertz CT molecular complexity index is 963. The summed E-state index contributed by atoms with van der Waals surface area (Å²) in [6.45, 7) is 6.91. The third kappa shape index (κ3) is 5.53. The molecule has 162 valence electrons. The zero-order valence-electron chi connectivity index (χ0n) is 17.7. The number of nitrogens with one attached hydrogen (secondary N) is 3. The monoisotopic (exact) mass is 433 g/mol. The fourth-order valence-corrected chi connectivity index (χ4v) is 3.98. The number of aromatic amines is 1. The molecule has 3 atom stereocenters. The van der Waals surface area contributed by atoms with Crippen LogP contribution in [0.5, 0.6) is 0 Å². The number of ketones is 1. The molecule has 3 rings (SSSR count). The van der Waals surface area contributed by atoms with Crippen LogP contribution in [0.2, 0.25) is 5.02 Å². The van der Waals surface area contributed by atoms with Crippen LogP contribution >= 0.6 is 11.6 Å². The van der Waals surface area contributed by atoms with Gasteiger partial charge in [0.2, 0.25) is 0 Å². The first-order valence-electron chi connectivity index (χ1n) is 10.1. The van der Waals surface area contributed by atoms with Gasteiger partial charge in [-0.3, -0.25) is 9.59 Å². The molecule has 1 saturated carbocycles. The molecule has 1 unspecified atom stereocenters. The van der Waals surface area contributed by atoms with Crippen molar-refractivity contribution in [1.82, 2.24) is 15.6 Å². The van der Waals surface area contributed by atoms with E-state index in [-0.39, 0.29) is 23.7 Å². The Morgan fingerprint density at radius 3 is 2.50 bits per heavy atom. The maximum absolute atomic E-state index is 12.9. The fraction of sp³-hybridized carbons (Fsp3) is 0.500. The first kappa shape index (κ1) is 22.2. The lowest BCUT2D eigenvalue weighted by Gasteiger charge is -2.36. The molecule has 1 aromatic carbocycles. The smallest absolute Gasteiger partial charge is 0.407 e. The summed E-state index contributed by atoms with van der Waals surface area (Å²) in [5.41, 5.74) is 0.591. The topological polar surface area (TPSA) is 100 Å². The van der Waals surface area contributed by atoms with Gasteiger partial charge < -0.3 is 20.4 Å². The van der Waals surface area contributed by atoms with Gasteiger partial charge in [0.25, 0.3) is 5.91 Å². The Morgan fingerprint density at radius 2 is 1.83 bits per heavy atom. The van der Waals surface area contributed by atoms with Crippen molar-refractivity contribution in [1.29, 1.82) is 0 Å². The molecule has 0 spiro atoms. The third-order valence-corrected chi connectivity index (χ3v) is 5.51. The summed E-state index contributed by atoms with van der Waals surface area (Å²) in [6.07, 6.45) is 1.15. The second-order valence-electron chi connectivity index (χ2n) is 8.87. The number of carbonyl (C=O) groups excluding carboxylic acids is 3. The van der Waals surface area contributed by atoms with Gasteiger partial charge in [-0.1, -0.05) is 11.6 Å². The Morgan fingerprint density at radius 1 is 1.10 bits per heavy atom. The van der Waals surface area contributed by atoms with Crippen LogP contribution in [-0.2, 0) is 9.53 Å². The average molecular weight is 434 g/mol. The SMILES string of the molecule is CC(=O)C1CC[C@@H](NC(=O)c2cc3cc(Cl)ccc3[nH]2)[C@H](NC(=O)OC(C)(C)C)C1. The maximum atomic E-state index is 12.9. The highest BCUT2D eigenvalue weighted by molar-refractivity contribution is 6.31. The van der Waals surface area contributed by atoms with Crippen LogP contribution in [-0.4, -0.2) is 40.5 Å².